The molecule has 3 nitrogen and oxygen atoms in total. The topological polar surface area (TPSA) is 38.1 Å². The number of oxazole rings is 1. The summed E-state index contributed by atoms with van der Waals surface area (Å²) in [5.74, 6) is 0.677. The Kier molecular flexibility index (Phi) is 3.29. The molecule has 0 saturated heterocycles. The number of benzene rings is 1. The monoisotopic (exact) mass is 230 g/mol. The number of rotatable bonds is 3. The smallest absolute Gasteiger partial charge is 0.226 e. The van der Waals surface area contributed by atoms with Gasteiger partial charge in [0.2, 0.25) is 5.89 Å². The van der Waals surface area contributed by atoms with Crippen LogP contribution >= 0.6 is 0 Å². The van der Waals surface area contributed by atoms with Crippen molar-refractivity contribution in [3.05, 3.63) is 42.3 Å². The van der Waals surface area contributed by atoms with Gasteiger partial charge in [-0.2, -0.15) is 0 Å². The van der Waals surface area contributed by atoms with Crippen LogP contribution in [0, 0.1) is 0 Å². The van der Waals surface area contributed by atoms with E-state index in [1.807, 2.05) is 30.3 Å². The normalized spacial score (nSPS) is 11.7. The summed E-state index contributed by atoms with van der Waals surface area (Å²) in [5.41, 5.74) is 2.03. The molecule has 1 aromatic carbocycles. The zero-order valence-corrected chi connectivity index (χ0v) is 10.5. The fourth-order valence-electron chi connectivity index (χ4n) is 1.46. The van der Waals surface area contributed by atoms with Crippen LogP contribution in [-0.2, 0) is 6.54 Å². The Bertz CT molecular complexity index is 468. The Morgan fingerprint density at radius 1 is 1.18 bits per heavy atom. The largest absolute Gasteiger partial charge is 0.444 e. The predicted molar refractivity (Wildman–Crippen MR) is 68.5 cm³/mol. The number of nitrogens with zero attached hydrogens (tertiary/aromatic N) is 1. The van der Waals surface area contributed by atoms with Crippen LogP contribution in [0.4, 0.5) is 0 Å². The highest BCUT2D eigenvalue weighted by molar-refractivity contribution is 5.52. The zero-order valence-electron chi connectivity index (χ0n) is 10.5. The van der Waals surface area contributed by atoms with Gasteiger partial charge in [-0.05, 0) is 32.9 Å². The maximum atomic E-state index is 5.46. The molecule has 0 atom stereocenters. The van der Waals surface area contributed by atoms with Gasteiger partial charge in [-0.3, -0.25) is 0 Å². The maximum absolute atomic E-state index is 5.46. The molecule has 1 heterocycles. The molecule has 17 heavy (non-hydrogen) atoms. The van der Waals surface area contributed by atoms with Gasteiger partial charge in [0, 0.05) is 17.6 Å². The lowest BCUT2D eigenvalue weighted by atomic mass is 10.1. The zero-order chi connectivity index (χ0) is 12.3. The summed E-state index contributed by atoms with van der Waals surface area (Å²) in [7, 11) is 0. The number of nitrogens with one attached hydrogen (secondary N) is 1. The van der Waals surface area contributed by atoms with Crippen LogP contribution < -0.4 is 5.32 Å². The van der Waals surface area contributed by atoms with E-state index >= 15 is 0 Å². The molecular weight excluding hydrogens is 212 g/mol. The van der Waals surface area contributed by atoms with E-state index in [1.54, 1.807) is 6.26 Å². The molecule has 0 aliphatic rings. The summed E-state index contributed by atoms with van der Waals surface area (Å²) >= 11 is 0. The Labute approximate surface area is 102 Å². The molecule has 3 heteroatoms. The molecule has 0 amide bonds. The van der Waals surface area contributed by atoms with Crippen LogP contribution in [0.5, 0.6) is 0 Å². The molecule has 0 aliphatic heterocycles. The van der Waals surface area contributed by atoms with Crippen molar-refractivity contribution < 1.29 is 4.42 Å². The standard InChI is InChI=1S/C14H18N2O/c1-14(2,3)15-9-12-10-17-13(16-12)11-7-5-4-6-8-11/h4-8,10,15H,9H2,1-3H3. The average molecular weight is 230 g/mol. The van der Waals surface area contributed by atoms with Gasteiger partial charge in [0.05, 0.1) is 5.69 Å². The van der Waals surface area contributed by atoms with Gasteiger partial charge in [0.25, 0.3) is 0 Å². The lowest BCUT2D eigenvalue weighted by Crippen LogP contribution is -2.35. The van der Waals surface area contributed by atoms with E-state index in [2.05, 4.69) is 31.1 Å². The van der Waals surface area contributed by atoms with Gasteiger partial charge in [-0.1, -0.05) is 18.2 Å². The van der Waals surface area contributed by atoms with Crippen molar-refractivity contribution in [1.82, 2.24) is 10.3 Å². The van der Waals surface area contributed by atoms with Gasteiger partial charge in [-0.25, -0.2) is 4.98 Å². The molecule has 1 aromatic heterocycles. The van der Waals surface area contributed by atoms with Crippen molar-refractivity contribution in [1.29, 1.82) is 0 Å². The number of hydrogen-bond acceptors (Lipinski definition) is 3. The molecule has 2 aromatic rings. The summed E-state index contributed by atoms with van der Waals surface area (Å²) < 4.78 is 5.46. The van der Waals surface area contributed by atoms with E-state index in [-0.39, 0.29) is 5.54 Å². The van der Waals surface area contributed by atoms with Crippen molar-refractivity contribution in [2.45, 2.75) is 32.9 Å². The highest BCUT2D eigenvalue weighted by atomic mass is 16.3. The predicted octanol–water partition coefficient (Wildman–Crippen LogP) is 3.23. The van der Waals surface area contributed by atoms with E-state index in [9.17, 15) is 0 Å². The first-order valence-corrected chi connectivity index (χ1v) is 5.79. The summed E-state index contributed by atoms with van der Waals surface area (Å²) in [4.78, 5) is 4.45. The SMILES string of the molecule is CC(C)(C)NCc1coc(-c2ccccc2)n1. The van der Waals surface area contributed by atoms with Crippen LogP contribution in [-0.4, -0.2) is 10.5 Å². The van der Waals surface area contributed by atoms with Gasteiger partial charge in [0.1, 0.15) is 6.26 Å². The van der Waals surface area contributed by atoms with Crippen molar-refractivity contribution in [3.63, 3.8) is 0 Å². The van der Waals surface area contributed by atoms with E-state index in [4.69, 9.17) is 4.42 Å². The molecule has 0 saturated carbocycles. The van der Waals surface area contributed by atoms with Crippen LogP contribution in [0.1, 0.15) is 26.5 Å². The summed E-state index contributed by atoms with van der Waals surface area (Å²) in [6.45, 7) is 7.11. The third kappa shape index (κ3) is 3.43. The maximum Gasteiger partial charge on any atom is 0.226 e. The third-order valence-electron chi connectivity index (χ3n) is 2.37. The molecule has 2 rings (SSSR count). The second kappa shape index (κ2) is 4.72. The summed E-state index contributed by atoms with van der Waals surface area (Å²) in [6, 6.07) is 9.92. The van der Waals surface area contributed by atoms with Crippen molar-refractivity contribution in [2.24, 2.45) is 0 Å². The van der Waals surface area contributed by atoms with Crippen LogP contribution in [0.2, 0.25) is 0 Å². The molecule has 0 bridgehead atoms. The highest BCUT2D eigenvalue weighted by Gasteiger charge is 2.11. The minimum atomic E-state index is 0.0891. The van der Waals surface area contributed by atoms with E-state index in [0.29, 0.717) is 5.89 Å². The van der Waals surface area contributed by atoms with Gasteiger partial charge in [-0.15, -0.1) is 0 Å². The summed E-state index contributed by atoms with van der Waals surface area (Å²) in [5, 5.41) is 3.38. The summed E-state index contributed by atoms with van der Waals surface area (Å²) in [6.07, 6.45) is 1.71. The fourth-order valence-corrected chi connectivity index (χ4v) is 1.46. The molecule has 0 aliphatic carbocycles. The molecule has 0 radical (unpaired) electrons. The Balaban J connectivity index is 2.07. The van der Waals surface area contributed by atoms with Gasteiger partial charge >= 0.3 is 0 Å². The van der Waals surface area contributed by atoms with Crippen LogP contribution in [0.3, 0.4) is 0 Å². The first-order valence-electron chi connectivity index (χ1n) is 5.79. The van der Waals surface area contributed by atoms with Crippen molar-refractivity contribution in [2.75, 3.05) is 0 Å². The lowest BCUT2D eigenvalue weighted by Gasteiger charge is -2.19. The van der Waals surface area contributed by atoms with E-state index in [0.717, 1.165) is 17.8 Å². The molecule has 0 fully saturated rings. The molecule has 0 spiro atoms. The highest BCUT2D eigenvalue weighted by Crippen LogP contribution is 2.18. The number of hydrogen-bond donors (Lipinski definition) is 1. The second-order valence-electron chi connectivity index (χ2n) is 5.11. The lowest BCUT2D eigenvalue weighted by molar-refractivity contribution is 0.421. The third-order valence-corrected chi connectivity index (χ3v) is 2.37. The van der Waals surface area contributed by atoms with Gasteiger partial charge < -0.3 is 9.73 Å². The second-order valence-corrected chi connectivity index (χ2v) is 5.11. The average Bonchev–Trinajstić information content (AvgIpc) is 2.75. The fraction of sp³-hybridized carbons (Fsp3) is 0.357. The Morgan fingerprint density at radius 2 is 1.88 bits per heavy atom. The van der Waals surface area contributed by atoms with Gasteiger partial charge in [0.15, 0.2) is 0 Å². The van der Waals surface area contributed by atoms with Crippen molar-refractivity contribution >= 4 is 0 Å². The van der Waals surface area contributed by atoms with Crippen LogP contribution in [0.15, 0.2) is 41.0 Å². The van der Waals surface area contributed by atoms with E-state index < -0.39 is 0 Å². The van der Waals surface area contributed by atoms with E-state index in [1.165, 1.54) is 0 Å². The molecule has 0 unspecified atom stereocenters. The minimum absolute atomic E-state index is 0.0891. The molecule has 90 valence electrons. The Hall–Kier alpha value is -1.61. The van der Waals surface area contributed by atoms with Crippen LogP contribution in [0.25, 0.3) is 11.5 Å². The molecule has 1 N–H and O–H groups in total. The minimum Gasteiger partial charge on any atom is -0.444 e. The van der Waals surface area contributed by atoms with Crippen molar-refractivity contribution in [3.8, 4) is 11.5 Å². The molecular formula is C14H18N2O. The number of aromatic nitrogens is 1. The first-order chi connectivity index (χ1) is 8.04. The Morgan fingerprint density at radius 3 is 2.53 bits per heavy atom. The quantitative estimate of drug-likeness (QED) is 0.879. The first kappa shape index (κ1) is 11.9.